The number of fused-ring (bicyclic) bond motifs is 1. The Balaban J connectivity index is 1.63. The Labute approximate surface area is 141 Å². The Morgan fingerprint density at radius 1 is 1.12 bits per heavy atom. The van der Waals surface area contributed by atoms with E-state index in [0.717, 1.165) is 11.1 Å². The summed E-state index contributed by atoms with van der Waals surface area (Å²) in [6.07, 6.45) is -0.323. The van der Waals surface area contributed by atoms with Crippen LogP contribution >= 0.6 is 0 Å². The first-order valence-electron chi connectivity index (χ1n) is 7.67. The summed E-state index contributed by atoms with van der Waals surface area (Å²) in [7, 11) is -3.69. The van der Waals surface area contributed by atoms with Crippen LogP contribution in [-0.2, 0) is 21.2 Å². The Kier molecular flexibility index (Phi) is 4.55. The number of amides is 1. The molecule has 1 amide bonds. The van der Waals surface area contributed by atoms with Crippen LogP contribution in [0.5, 0.6) is 0 Å². The average Bonchev–Trinajstić information content (AvgIpc) is 2.56. The summed E-state index contributed by atoms with van der Waals surface area (Å²) < 4.78 is 26.8. The summed E-state index contributed by atoms with van der Waals surface area (Å²) >= 11 is 0. The number of aryl methyl sites for hydroxylation is 1. The van der Waals surface area contributed by atoms with Crippen molar-refractivity contribution in [2.75, 3.05) is 11.9 Å². The Hall–Kier alpha value is -2.38. The van der Waals surface area contributed by atoms with Gasteiger partial charge in [-0.05, 0) is 36.6 Å². The highest BCUT2D eigenvalue weighted by Crippen LogP contribution is 2.25. The molecule has 6 nitrogen and oxygen atoms in total. The van der Waals surface area contributed by atoms with Crippen molar-refractivity contribution in [3.8, 4) is 0 Å². The lowest BCUT2D eigenvalue weighted by molar-refractivity contribution is -0.122. The molecule has 0 aromatic heterocycles. The zero-order chi connectivity index (χ0) is 17.2. The predicted octanol–water partition coefficient (Wildman–Crippen LogP) is 1.38. The van der Waals surface area contributed by atoms with Gasteiger partial charge in [-0.25, -0.2) is 8.42 Å². The van der Waals surface area contributed by atoms with Gasteiger partial charge in [-0.1, -0.05) is 36.4 Å². The molecule has 0 radical (unpaired) electrons. The van der Waals surface area contributed by atoms with Crippen LogP contribution in [-0.4, -0.2) is 27.0 Å². The van der Waals surface area contributed by atoms with Gasteiger partial charge in [-0.3, -0.25) is 4.79 Å². The van der Waals surface area contributed by atoms with E-state index >= 15 is 0 Å². The van der Waals surface area contributed by atoms with Gasteiger partial charge in [0.15, 0.2) is 6.17 Å². The third-order valence-corrected chi connectivity index (χ3v) is 5.45. The van der Waals surface area contributed by atoms with Gasteiger partial charge in [0.05, 0.1) is 5.69 Å². The number of nitrogens with one attached hydrogen (secondary N) is 3. The van der Waals surface area contributed by atoms with Crippen LogP contribution in [0.3, 0.4) is 0 Å². The minimum absolute atomic E-state index is 0.147. The highest BCUT2D eigenvalue weighted by Gasteiger charge is 2.32. The van der Waals surface area contributed by atoms with Crippen molar-refractivity contribution in [2.45, 2.75) is 24.4 Å². The van der Waals surface area contributed by atoms with Gasteiger partial charge < -0.3 is 10.6 Å². The highest BCUT2D eigenvalue weighted by molar-refractivity contribution is 7.89. The van der Waals surface area contributed by atoms with E-state index < -0.39 is 22.1 Å². The zero-order valence-corrected chi connectivity index (χ0v) is 14.1. The van der Waals surface area contributed by atoms with Crippen LogP contribution in [0.2, 0.25) is 0 Å². The second-order valence-electron chi connectivity index (χ2n) is 5.66. The Morgan fingerprint density at radius 3 is 2.62 bits per heavy atom. The molecule has 0 fully saturated rings. The highest BCUT2D eigenvalue weighted by atomic mass is 32.2. The summed E-state index contributed by atoms with van der Waals surface area (Å²) in [4.78, 5) is 12.4. The van der Waals surface area contributed by atoms with Crippen molar-refractivity contribution in [1.29, 1.82) is 0 Å². The summed E-state index contributed by atoms with van der Waals surface area (Å²) in [5.41, 5.74) is 2.74. The number of sulfonamides is 1. The van der Waals surface area contributed by atoms with Gasteiger partial charge in [0.1, 0.15) is 4.90 Å². The Morgan fingerprint density at radius 2 is 1.83 bits per heavy atom. The maximum Gasteiger partial charge on any atom is 0.258 e. The molecule has 3 rings (SSSR count). The summed E-state index contributed by atoms with van der Waals surface area (Å²) in [6.45, 7) is 2.45. The predicted molar refractivity (Wildman–Crippen MR) is 92.1 cm³/mol. The standard InChI is InChI=1S/C17H19N3O3S/c1-12-6-2-3-7-13(12)10-11-18-17(21)16-19-14-8-4-5-9-15(14)24(22,23)20-16/h2-9,16,19-20H,10-11H2,1H3,(H,18,21)/t16-/m0/s1. The van der Waals surface area contributed by atoms with E-state index in [0.29, 0.717) is 18.7 Å². The molecule has 3 N–H and O–H groups in total. The molecule has 0 unspecified atom stereocenters. The van der Waals surface area contributed by atoms with Crippen LogP contribution in [0, 0.1) is 6.92 Å². The van der Waals surface area contributed by atoms with Crippen molar-refractivity contribution in [2.24, 2.45) is 0 Å². The third-order valence-electron chi connectivity index (χ3n) is 3.97. The molecule has 7 heteroatoms. The molecule has 2 aromatic rings. The molecule has 0 saturated heterocycles. The van der Waals surface area contributed by atoms with Crippen LogP contribution in [0.25, 0.3) is 0 Å². The number of para-hydroxylation sites is 1. The quantitative estimate of drug-likeness (QED) is 0.781. The second kappa shape index (κ2) is 6.62. The minimum Gasteiger partial charge on any atom is -0.360 e. The van der Waals surface area contributed by atoms with Crippen LogP contribution in [0.4, 0.5) is 5.69 Å². The molecule has 1 heterocycles. The number of benzene rings is 2. The van der Waals surface area contributed by atoms with Crippen LogP contribution in [0.15, 0.2) is 53.4 Å². The topological polar surface area (TPSA) is 87.3 Å². The maximum absolute atomic E-state index is 12.3. The molecule has 126 valence electrons. The van der Waals surface area contributed by atoms with Gasteiger partial charge in [-0.2, -0.15) is 4.72 Å². The van der Waals surface area contributed by atoms with Crippen molar-refractivity contribution in [1.82, 2.24) is 10.0 Å². The second-order valence-corrected chi connectivity index (χ2v) is 7.34. The molecule has 0 saturated carbocycles. The number of hydrogen-bond acceptors (Lipinski definition) is 4. The first kappa shape index (κ1) is 16.5. The van der Waals surface area contributed by atoms with Crippen molar-refractivity contribution < 1.29 is 13.2 Å². The maximum atomic E-state index is 12.3. The first-order valence-corrected chi connectivity index (χ1v) is 9.16. The summed E-state index contributed by atoms with van der Waals surface area (Å²) in [6, 6.07) is 14.5. The fourth-order valence-corrected chi connectivity index (χ4v) is 3.93. The largest absolute Gasteiger partial charge is 0.360 e. The van der Waals surface area contributed by atoms with E-state index in [9.17, 15) is 13.2 Å². The van der Waals surface area contributed by atoms with Crippen molar-refractivity contribution >= 4 is 21.6 Å². The molecule has 0 bridgehead atoms. The molecule has 24 heavy (non-hydrogen) atoms. The normalized spacial score (nSPS) is 18.3. The SMILES string of the molecule is Cc1ccccc1CCNC(=O)[C@H]1Nc2ccccc2S(=O)(=O)N1. The van der Waals surface area contributed by atoms with Gasteiger partial charge in [0.2, 0.25) is 10.0 Å². The van der Waals surface area contributed by atoms with E-state index in [1.165, 1.54) is 6.07 Å². The smallest absolute Gasteiger partial charge is 0.258 e. The lowest BCUT2D eigenvalue weighted by Gasteiger charge is -2.27. The lowest BCUT2D eigenvalue weighted by Crippen LogP contribution is -2.54. The average molecular weight is 345 g/mol. The molecule has 1 aliphatic heterocycles. The number of rotatable bonds is 4. The van der Waals surface area contributed by atoms with Gasteiger partial charge in [0, 0.05) is 6.54 Å². The molecule has 0 aliphatic carbocycles. The minimum atomic E-state index is -3.69. The summed E-state index contributed by atoms with van der Waals surface area (Å²) in [5, 5.41) is 5.68. The lowest BCUT2D eigenvalue weighted by atomic mass is 10.1. The zero-order valence-electron chi connectivity index (χ0n) is 13.2. The molecule has 1 aliphatic rings. The summed E-state index contributed by atoms with van der Waals surface area (Å²) in [5.74, 6) is -0.401. The fraction of sp³-hybridized carbons (Fsp3) is 0.235. The van der Waals surface area contributed by atoms with E-state index in [2.05, 4.69) is 15.4 Å². The van der Waals surface area contributed by atoms with Gasteiger partial charge in [-0.15, -0.1) is 0 Å². The number of anilines is 1. The monoisotopic (exact) mass is 345 g/mol. The van der Waals surface area contributed by atoms with Crippen molar-refractivity contribution in [3.63, 3.8) is 0 Å². The molecular weight excluding hydrogens is 326 g/mol. The van der Waals surface area contributed by atoms with Gasteiger partial charge in [0.25, 0.3) is 5.91 Å². The Bertz CT molecular complexity index is 865. The fourth-order valence-electron chi connectivity index (χ4n) is 2.66. The molecule has 0 spiro atoms. The van der Waals surface area contributed by atoms with Crippen LogP contribution < -0.4 is 15.4 Å². The third kappa shape index (κ3) is 3.42. The first-order chi connectivity index (χ1) is 11.5. The van der Waals surface area contributed by atoms with E-state index in [-0.39, 0.29) is 4.90 Å². The number of carbonyl (C=O) groups is 1. The van der Waals surface area contributed by atoms with Gasteiger partial charge >= 0.3 is 0 Å². The molecule has 2 aromatic carbocycles. The molecular formula is C17H19N3O3S. The van der Waals surface area contributed by atoms with E-state index in [4.69, 9.17) is 0 Å². The number of carbonyl (C=O) groups excluding carboxylic acids is 1. The van der Waals surface area contributed by atoms with Crippen molar-refractivity contribution in [3.05, 3.63) is 59.7 Å². The van der Waals surface area contributed by atoms with Crippen LogP contribution in [0.1, 0.15) is 11.1 Å². The number of hydrogen-bond donors (Lipinski definition) is 3. The van der Waals surface area contributed by atoms with E-state index in [1.54, 1.807) is 18.2 Å². The van der Waals surface area contributed by atoms with E-state index in [1.807, 2.05) is 31.2 Å². The molecule has 1 atom stereocenters.